The lowest BCUT2D eigenvalue weighted by molar-refractivity contribution is 0.924. The maximum atomic E-state index is 6.17. The van der Waals surface area contributed by atoms with Crippen molar-refractivity contribution in [2.45, 2.75) is 13.0 Å². The molecule has 0 saturated heterocycles. The number of aromatic nitrogens is 1. The first-order valence-electron chi connectivity index (χ1n) is 7.98. The number of hydrogen-bond acceptors (Lipinski definition) is 2. The fourth-order valence-electron chi connectivity index (χ4n) is 2.48. The van der Waals surface area contributed by atoms with Gasteiger partial charge in [-0.05, 0) is 41.0 Å². The molecule has 0 bridgehead atoms. The Labute approximate surface area is 158 Å². The van der Waals surface area contributed by atoms with E-state index < -0.39 is 0 Å². The van der Waals surface area contributed by atoms with Crippen LogP contribution in [0.4, 0.5) is 5.82 Å². The molecule has 1 heterocycles. The quantitative estimate of drug-likeness (QED) is 0.634. The highest BCUT2D eigenvalue weighted by Crippen LogP contribution is 2.17. The summed E-state index contributed by atoms with van der Waals surface area (Å²) in [6.07, 6.45) is 2.55. The van der Waals surface area contributed by atoms with Gasteiger partial charge < -0.3 is 10.6 Å². The van der Waals surface area contributed by atoms with Gasteiger partial charge in [0.2, 0.25) is 0 Å². The summed E-state index contributed by atoms with van der Waals surface area (Å²) < 4.78 is 0. The summed E-state index contributed by atoms with van der Waals surface area (Å²) in [5.41, 5.74) is 3.32. The Bertz CT molecular complexity index is 852. The van der Waals surface area contributed by atoms with E-state index in [1.54, 1.807) is 6.20 Å². The molecule has 126 valence electrons. The third-order valence-electron chi connectivity index (χ3n) is 3.76. The molecule has 3 rings (SSSR count). The highest BCUT2D eigenvalue weighted by Gasteiger charge is 2.07. The van der Waals surface area contributed by atoms with Crippen LogP contribution in [-0.2, 0) is 13.0 Å². The van der Waals surface area contributed by atoms with Crippen molar-refractivity contribution in [1.82, 2.24) is 10.3 Å². The van der Waals surface area contributed by atoms with Crippen LogP contribution in [0.1, 0.15) is 16.7 Å². The summed E-state index contributed by atoms with van der Waals surface area (Å²) in [5.74, 6) is 0.767. The van der Waals surface area contributed by atoms with Crippen molar-refractivity contribution < 1.29 is 0 Å². The highest BCUT2D eigenvalue weighted by molar-refractivity contribution is 7.80. The Kier molecular flexibility index (Phi) is 5.99. The van der Waals surface area contributed by atoms with Crippen molar-refractivity contribution in [2.24, 2.45) is 0 Å². The van der Waals surface area contributed by atoms with Crippen LogP contribution in [-0.4, -0.2) is 10.1 Å². The van der Waals surface area contributed by atoms with E-state index in [1.165, 1.54) is 5.56 Å². The predicted octanol–water partition coefficient (Wildman–Crippen LogP) is 4.81. The Morgan fingerprint density at radius 2 is 1.64 bits per heavy atom. The maximum Gasteiger partial charge on any atom is 0.172 e. The third-order valence-corrected chi connectivity index (χ3v) is 4.37. The van der Waals surface area contributed by atoms with Gasteiger partial charge in [-0.1, -0.05) is 66.2 Å². The number of rotatable bonds is 5. The zero-order valence-electron chi connectivity index (χ0n) is 13.6. The van der Waals surface area contributed by atoms with Gasteiger partial charge in [0.15, 0.2) is 5.11 Å². The Morgan fingerprint density at radius 1 is 0.920 bits per heavy atom. The molecular weight excluding hydrogens is 350 g/mol. The molecule has 0 spiro atoms. The predicted molar refractivity (Wildman–Crippen MR) is 108 cm³/mol. The van der Waals surface area contributed by atoms with E-state index in [4.69, 9.17) is 23.8 Å². The zero-order valence-corrected chi connectivity index (χ0v) is 15.1. The van der Waals surface area contributed by atoms with Gasteiger partial charge in [-0.3, -0.25) is 0 Å². The number of nitrogens with one attached hydrogen (secondary N) is 2. The molecular formula is C20H18ClN3S. The molecule has 0 radical (unpaired) electrons. The molecule has 2 N–H and O–H groups in total. The molecule has 0 fully saturated rings. The summed E-state index contributed by atoms with van der Waals surface area (Å²) in [5, 5.41) is 7.61. The van der Waals surface area contributed by atoms with E-state index in [2.05, 4.69) is 33.8 Å². The zero-order chi connectivity index (χ0) is 17.5. The lowest BCUT2D eigenvalue weighted by atomic mass is 10.1. The lowest BCUT2D eigenvalue weighted by Crippen LogP contribution is -2.28. The first-order valence-corrected chi connectivity index (χ1v) is 8.77. The number of nitrogens with zero attached hydrogens (tertiary/aromatic N) is 1. The molecule has 2 aromatic carbocycles. The van der Waals surface area contributed by atoms with Crippen LogP contribution >= 0.6 is 23.8 Å². The normalized spacial score (nSPS) is 10.3. The molecule has 0 atom stereocenters. The van der Waals surface area contributed by atoms with Crippen molar-refractivity contribution in [3.05, 3.63) is 94.6 Å². The second kappa shape index (κ2) is 8.60. The van der Waals surface area contributed by atoms with Gasteiger partial charge in [0.25, 0.3) is 0 Å². The Morgan fingerprint density at radius 3 is 2.44 bits per heavy atom. The SMILES string of the molecule is S=C(NCc1ccccc1Cl)Nc1ncccc1Cc1ccccc1. The molecule has 5 heteroatoms. The summed E-state index contributed by atoms with van der Waals surface area (Å²) in [7, 11) is 0. The van der Waals surface area contributed by atoms with Gasteiger partial charge in [-0.15, -0.1) is 0 Å². The van der Waals surface area contributed by atoms with Crippen molar-refractivity contribution in [2.75, 3.05) is 5.32 Å². The van der Waals surface area contributed by atoms with E-state index in [9.17, 15) is 0 Å². The second-order valence-electron chi connectivity index (χ2n) is 5.57. The smallest absolute Gasteiger partial charge is 0.172 e. The van der Waals surface area contributed by atoms with Crippen LogP contribution in [0.3, 0.4) is 0 Å². The highest BCUT2D eigenvalue weighted by atomic mass is 35.5. The van der Waals surface area contributed by atoms with Crippen molar-refractivity contribution in [3.63, 3.8) is 0 Å². The molecule has 25 heavy (non-hydrogen) atoms. The standard InChI is InChI=1S/C20H18ClN3S/c21-18-11-5-4-9-17(18)14-23-20(25)24-19-16(10-6-12-22-19)13-15-7-2-1-3-8-15/h1-12H,13-14H2,(H2,22,23,24,25). The van der Waals surface area contributed by atoms with Crippen LogP contribution in [0.15, 0.2) is 72.9 Å². The fraction of sp³-hybridized carbons (Fsp3) is 0.100. The minimum absolute atomic E-state index is 0.521. The number of pyridine rings is 1. The van der Waals surface area contributed by atoms with Crippen LogP contribution in [0.25, 0.3) is 0 Å². The van der Waals surface area contributed by atoms with Crippen LogP contribution in [0.2, 0.25) is 5.02 Å². The first kappa shape index (κ1) is 17.4. The lowest BCUT2D eigenvalue weighted by Gasteiger charge is -2.13. The number of benzene rings is 2. The summed E-state index contributed by atoms with van der Waals surface area (Å²) in [4.78, 5) is 4.42. The minimum Gasteiger partial charge on any atom is -0.358 e. The van der Waals surface area contributed by atoms with E-state index in [0.717, 1.165) is 28.4 Å². The minimum atomic E-state index is 0.521. The van der Waals surface area contributed by atoms with E-state index in [1.807, 2.05) is 48.5 Å². The molecule has 1 aromatic heterocycles. The number of hydrogen-bond donors (Lipinski definition) is 2. The van der Waals surface area contributed by atoms with Gasteiger partial charge in [-0.25, -0.2) is 4.98 Å². The van der Waals surface area contributed by atoms with Crippen molar-refractivity contribution in [1.29, 1.82) is 0 Å². The molecule has 0 unspecified atom stereocenters. The van der Waals surface area contributed by atoms with Crippen LogP contribution in [0, 0.1) is 0 Å². The van der Waals surface area contributed by atoms with E-state index in [-0.39, 0.29) is 0 Å². The molecule has 0 aliphatic rings. The van der Waals surface area contributed by atoms with Crippen molar-refractivity contribution >= 4 is 34.7 Å². The average molecular weight is 368 g/mol. The number of anilines is 1. The third kappa shape index (κ3) is 5.02. The van der Waals surface area contributed by atoms with Gasteiger partial charge >= 0.3 is 0 Å². The number of halogens is 1. The van der Waals surface area contributed by atoms with Gasteiger partial charge in [0, 0.05) is 24.2 Å². The molecule has 0 amide bonds. The Balaban J connectivity index is 1.64. The van der Waals surface area contributed by atoms with Gasteiger partial charge in [0.1, 0.15) is 5.82 Å². The topological polar surface area (TPSA) is 37.0 Å². The van der Waals surface area contributed by atoms with Crippen LogP contribution in [0.5, 0.6) is 0 Å². The molecule has 0 saturated carbocycles. The Hall–Kier alpha value is -2.43. The first-order chi connectivity index (χ1) is 12.2. The summed E-state index contributed by atoms with van der Waals surface area (Å²) in [6, 6.07) is 22.0. The van der Waals surface area contributed by atoms with Gasteiger partial charge in [0.05, 0.1) is 0 Å². The second-order valence-corrected chi connectivity index (χ2v) is 6.39. The monoisotopic (exact) mass is 367 g/mol. The average Bonchev–Trinajstić information content (AvgIpc) is 2.64. The van der Waals surface area contributed by atoms with Gasteiger partial charge in [-0.2, -0.15) is 0 Å². The van der Waals surface area contributed by atoms with Crippen molar-refractivity contribution in [3.8, 4) is 0 Å². The largest absolute Gasteiger partial charge is 0.358 e. The molecule has 0 aliphatic heterocycles. The molecule has 3 nitrogen and oxygen atoms in total. The summed E-state index contributed by atoms with van der Waals surface area (Å²) in [6.45, 7) is 0.562. The summed E-state index contributed by atoms with van der Waals surface area (Å²) >= 11 is 11.6. The van der Waals surface area contributed by atoms with E-state index >= 15 is 0 Å². The molecule has 0 aliphatic carbocycles. The fourth-order valence-corrected chi connectivity index (χ4v) is 2.85. The van der Waals surface area contributed by atoms with E-state index in [0.29, 0.717) is 11.7 Å². The number of thiocarbonyl (C=S) groups is 1. The van der Waals surface area contributed by atoms with Crippen LogP contribution < -0.4 is 10.6 Å². The molecule has 3 aromatic rings. The maximum absolute atomic E-state index is 6.17.